The van der Waals surface area contributed by atoms with Crippen LogP contribution in [0.2, 0.25) is 10.0 Å². The molecule has 1 atom stereocenters. The first-order chi connectivity index (χ1) is 17.9. The number of rotatable bonds is 8. The van der Waals surface area contributed by atoms with Crippen molar-refractivity contribution in [3.63, 3.8) is 0 Å². The molecule has 1 saturated heterocycles. The van der Waals surface area contributed by atoms with Gasteiger partial charge in [-0.25, -0.2) is 0 Å². The van der Waals surface area contributed by atoms with Crippen molar-refractivity contribution >= 4 is 40.6 Å². The molecule has 7 heteroatoms. The molecule has 192 valence electrons. The first kappa shape index (κ1) is 25.7. The molecular weight excluding hydrogens is 507 g/mol. The van der Waals surface area contributed by atoms with E-state index in [-0.39, 0.29) is 27.8 Å². The van der Waals surface area contributed by atoms with Gasteiger partial charge in [0.2, 0.25) is 0 Å². The highest BCUT2D eigenvalue weighted by molar-refractivity contribution is 6.39. The van der Waals surface area contributed by atoms with Gasteiger partial charge in [-0.2, -0.15) is 0 Å². The number of ether oxygens (including phenoxy) is 1. The van der Waals surface area contributed by atoms with Gasteiger partial charge in [0.15, 0.2) is 5.78 Å². The third kappa shape index (κ3) is 5.68. The third-order valence-electron chi connectivity index (χ3n) is 7.49. The zero-order valence-corrected chi connectivity index (χ0v) is 22.4. The summed E-state index contributed by atoms with van der Waals surface area (Å²) in [7, 11) is 1.34. The van der Waals surface area contributed by atoms with E-state index >= 15 is 0 Å². The Labute approximate surface area is 227 Å². The molecule has 2 aromatic carbocycles. The van der Waals surface area contributed by atoms with Gasteiger partial charge in [-0.1, -0.05) is 47.5 Å². The minimum Gasteiger partial charge on any atom is -0.469 e. The Morgan fingerprint density at radius 2 is 1.70 bits per heavy atom. The van der Waals surface area contributed by atoms with Crippen LogP contribution < -0.4 is 4.90 Å². The summed E-state index contributed by atoms with van der Waals surface area (Å²) in [6.45, 7) is 1.89. The molecule has 5 rings (SSSR count). The van der Waals surface area contributed by atoms with Crippen molar-refractivity contribution in [2.75, 3.05) is 25.1 Å². The Morgan fingerprint density at radius 3 is 2.41 bits per heavy atom. The minimum absolute atomic E-state index is 0.0283. The Bertz CT molecular complexity index is 1280. The molecule has 0 bridgehead atoms. The van der Waals surface area contributed by atoms with Crippen LogP contribution in [0.4, 0.5) is 5.69 Å². The highest BCUT2D eigenvalue weighted by Crippen LogP contribution is 2.33. The van der Waals surface area contributed by atoms with Crippen molar-refractivity contribution in [2.24, 2.45) is 5.92 Å². The lowest BCUT2D eigenvalue weighted by atomic mass is 9.90. The number of Topliss-reactive ketones (excluding diaryl/α,β-unsaturated/α-hetero) is 1. The van der Waals surface area contributed by atoms with Crippen molar-refractivity contribution < 1.29 is 14.3 Å². The molecule has 1 aromatic heterocycles. The summed E-state index contributed by atoms with van der Waals surface area (Å²) in [5.41, 5.74) is 6.27. The third-order valence-corrected chi connectivity index (χ3v) is 8.12. The second-order valence-corrected chi connectivity index (χ2v) is 10.8. The predicted octanol–water partition coefficient (Wildman–Crippen LogP) is 6.48. The van der Waals surface area contributed by atoms with Gasteiger partial charge in [-0.3, -0.25) is 14.6 Å². The van der Waals surface area contributed by atoms with E-state index in [9.17, 15) is 9.59 Å². The van der Waals surface area contributed by atoms with Gasteiger partial charge in [-0.05, 0) is 73.6 Å². The largest absolute Gasteiger partial charge is 0.469 e. The average Bonchev–Trinajstić information content (AvgIpc) is 2.87. The molecular formula is C30H30Cl2N2O3. The Hall–Kier alpha value is -2.89. The van der Waals surface area contributed by atoms with E-state index in [1.54, 1.807) is 18.2 Å². The number of benzene rings is 2. The number of carbonyl (C=O) groups is 2. The van der Waals surface area contributed by atoms with Crippen LogP contribution >= 0.6 is 23.2 Å². The van der Waals surface area contributed by atoms with Gasteiger partial charge in [-0.15, -0.1) is 0 Å². The fourth-order valence-electron chi connectivity index (χ4n) is 5.33. The lowest BCUT2D eigenvalue weighted by molar-refractivity contribution is -0.145. The smallest absolute Gasteiger partial charge is 0.309 e. The van der Waals surface area contributed by atoms with Crippen LogP contribution in [0.5, 0.6) is 0 Å². The molecule has 2 heterocycles. The zero-order valence-electron chi connectivity index (χ0n) is 20.9. The van der Waals surface area contributed by atoms with Gasteiger partial charge in [0.25, 0.3) is 0 Å². The van der Waals surface area contributed by atoms with Gasteiger partial charge < -0.3 is 9.64 Å². The van der Waals surface area contributed by atoms with Crippen molar-refractivity contribution in [1.82, 2.24) is 4.98 Å². The summed E-state index contributed by atoms with van der Waals surface area (Å²) in [4.78, 5) is 32.7. The van der Waals surface area contributed by atoms with E-state index in [1.807, 2.05) is 12.1 Å². The summed E-state index contributed by atoms with van der Waals surface area (Å²) < 4.78 is 4.99. The Kier molecular flexibility index (Phi) is 7.82. The van der Waals surface area contributed by atoms with Crippen LogP contribution in [0.25, 0.3) is 0 Å². The monoisotopic (exact) mass is 536 g/mol. The second-order valence-electron chi connectivity index (χ2n) is 9.97. The number of pyridine rings is 1. The number of fused-ring (bicyclic) bond motifs is 1. The van der Waals surface area contributed by atoms with Crippen molar-refractivity contribution in [3.8, 4) is 0 Å². The Balaban J connectivity index is 1.21. The van der Waals surface area contributed by atoms with Crippen LogP contribution in [0.15, 0.2) is 54.6 Å². The van der Waals surface area contributed by atoms with E-state index in [0.717, 1.165) is 37.2 Å². The number of aromatic nitrogens is 1. The van der Waals surface area contributed by atoms with Crippen LogP contribution in [0, 0.1) is 5.92 Å². The molecule has 37 heavy (non-hydrogen) atoms. The summed E-state index contributed by atoms with van der Waals surface area (Å²) in [5.74, 6) is -0.869. The number of methoxy groups -OCH3 is 1. The fourth-order valence-corrected chi connectivity index (χ4v) is 5.93. The van der Waals surface area contributed by atoms with Crippen molar-refractivity contribution in [1.29, 1.82) is 0 Å². The van der Waals surface area contributed by atoms with Crippen molar-refractivity contribution in [3.05, 3.63) is 92.7 Å². The lowest BCUT2D eigenvalue weighted by Gasteiger charge is -2.41. The fraction of sp³-hybridized carbons (Fsp3) is 0.367. The minimum atomic E-state index is -0.626. The van der Waals surface area contributed by atoms with Crippen LogP contribution in [-0.4, -0.2) is 36.9 Å². The zero-order chi connectivity index (χ0) is 25.9. The molecule has 0 amide bonds. The number of nitrogens with zero attached hydrogens (tertiary/aromatic N) is 2. The topological polar surface area (TPSA) is 59.5 Å². The van der Waals surface area contributed by atoms with Crippen LogP contribution in [0.3, 0.4) is 0 Å². The highest BCUT2D eigenvalue weighted by atomic mass is 35.5. The standard InChI is InChI=1S/C30H30Cl2N2O3/c1-37-30(36)21(16-28(35)29-24(31)6-4-7-25(29)32)15-19-9-12-23(13-10-19)34-17-22(18-34)27-14-11-20-5-2-3-8-26(20)33-27/h4,6-7,9-14,21-22H,2-3,5,8,15-18H2,1H3/t21-/m1/s1. The summed E-state index contributed by atoms with van der Waals surface area (Å²) >= 11 is 12.4. The molecule has 1 aliphatic heterocycles. The predicted molar refractivity (Wildman–Crippen MR) is 147 cm³/mol. The molecule has 0 N–H and O–H groups in total. The van der Waals surface area contributed by atoms with E-state index in [1.165, 1.54) is 36.9 Å². The molecule has 2 aliphatic rings. The molecule has 0 saturated carbocycles. The lowest BCUT2D eigenvalue weighted by Crippen LogP contribution is -2.45. The van der Waals surface area contributed by atoms with E-state index in [0.29, 0.717) is 12.3 Å². The Morgan fingerprint density at radius 1 is 1.00 bits per heavy atom. The number of aryl methyl sites for hydroxylation is 2. The molecule has 1 aliphatic carbocycles. The number of ketones is 1. The molecule has 3 aromatic rings. The van der Waals surface area contributed by atoms with Gasteiger partial charge >= 0.3 is 5.97 Å². The number of hydrogen-bond acceptors (Lipinski definition) is 5. The summed E-state index contributed by atoms with van der Waals surface area (Å²) in [6.07, 6.45) is 5.13. The SMILES string of the molecule is COC(=O)[C@@H](CC(=O)c1c(Cl)cccc1Cl)Cc1ccc(N2CC(c3ccc4c(n3)CCCC4)C2)cc1. The first-order valence-electron chi connectivity index (χ1n) is 12.8. The maximum atomic E-state index is 12.9. The molecule has 0 spiro atoms. The maximum absolute atomic E-state index is 12.9. The number of carbonyl (C=O) groups excluding carboxylic acids is 2. The number of esters is 1. The molecule has 5 nitrogen and oxygen atoms in total. The van der Waals surface area contributed by atoms with Gasteiger partial charge in [0.1, 0.15) is 0 Å². The second kappa shape index (κ2) is 11.2. The van der Waals surface area contributed by atoms with Crippen LogP contribution in [0.1, 0.15) is 58.1 Å². The number of hydrogen-bond donors (Lipinski definition) is 0. The number of anilines is 1. The molecule has 1 fully saturated rings. The summed E-state index contributed by atoms with van der Waals surface area (Å²) in [6, 6.07) is 17.6. The maximum Gasteiger partial charge on any atom is 0.309 e. The van der Waals surface area contributed by atoms with E-state index < -0.39 is 11.9 Å². The molecule has 0 unspecified atom stereocenters. The van der Waals surface area contributed by atoms with Gasteiger partial charge in [0, 0.05) is 42.5 Å². The quantitative estimate of drug-likeness (QED) is 0.243. The van der Waals surface area contributed by atoms with Gasteiger partial charge in [0.05, 0.1) is 28.6 Å². The van der Waals surface area contributed by atoms with E-state index in [2.05, 4.69) is 29.2 Å². The van der Waals surface area contributed by atoms with Crippen LogP contribution in [-0.2, 0) is 28.8 Å². The van der Waals surface area contributed by atoms with E-state index in [4.69, 9.17) is 32.9 Å². The number of halogens is 2. The molecule has 0 radical (unpaired) electrons. The highest BCUT2D eigenvalue weighted by Gasteiger charge is 2.30. The normalized spacial score (nSPS) is 16.0. The average molecular weight is 537 g/mol. The first-order valence-corrected chi connectivity index (χ1v) is 13.6. The summed E-state index contributed by atoms with van der Waals surface area (Å²) in [5, 5.41) is 0.563. The van der Waals surface area contributed by atoms with Crippen molar-refractivity contribution in [2.45, 2.75) is 44.4 Å².